The second-order valence-corrected chi connectivity index (χ2v) is 16.4. The standard InChI is InChI=1S/C34H41N3O5Si/c1-25-21-37(33(39)36-32(25)38)31-20-29(35-24-40-22-26-14-8-5-9-15-26)30(42-31)23-41-43(34(2,3)4,27-16-10-6-11-17-27)28-18-12-7-13-19-28/h5-19,21,29-31,35H,20,22-24H2,1-4H3,(H,36,38,39)/t29-,30+,31+/m0/s1. The molecule has 2 heterocycles. The van der Waals surface area contributed by atoms with Gasteiger partial charge in [0, 0.05) is 24.2 Å². The van der Waals surface area contributed by atoms with Gasteiger partial charge in [-0.1, -0.05) is 112 Å². The third kappa shape index (κ3) is 6.81. The molecular weight excluding hydrogens is 558 g/mol. The Morgan fingerprint density at radius 2 is 1.51 bits per heavy atom. The summed E-state index contributed by atoms with van der Waals surface area (Å²) in [6.45, 7) is 9.52. The van der Waals surface area contributed by atoms with Gasteiger partial charge in [-0.15, -0.1) is 0 Å². The van der Waals surface area contributed by atoms with E-state index in [4.69, 9.17) is 13.9 Å². The van der Waals surface area contributed by atoms with E-state index in [-0.39, 0.29) is 17.2 Å². The van der Waals surface area contributed by atoms with Gasteiger partial charge >= 0.3 is 5.69 Å². The minimum absolute atomic E-state index is 0.155. The minimum atomic E-state index is -2.81. The summed E-state index contributed by atoms with van der Waals surface area (Å²) in [6, 6.07) is 30.8. The molecule has 1 aliphatic heterocycles. The van der Waals surface area contributed by atoms with Crippen LogP contribution in [0.4, 0.5) is 0 Å². The van der Waals surface area contributed by atoms with Crippen LogP contribution in [-0.4, -0.2) is 43.4 Å². The van der Waals surface area contributed by atoms with E-state index in [0.29, 0.717) is 31.9 Å². The van der Waals surface area contributed by atoms with Crippen LogP contribution < -0.4 is 26.9 Å². The molecule has 9 heteroatoms. The number of aryl methyl sites for hydroxylation is 1. The number of nitrogens with zero attached hydrogens (tertiary/aromatic N) is 1. The zero-order chi connectivity index (χ0) is 30.5. The highest BCUT2D eigenvalue weighted by atomic mass is 28.4. The fourth-order valence-electron chi connectivity index (χ4n) is 5.95. The summed E-state index contributed by atoms with van der Waals surface area (Å²) in [7, 11) is -2.81. The van der Waals surface area contributed by atoms with Crippen LogP contribution in [0, 0.1) is 6.92 Å². The predicted molar refractivity (Wildman–Crippen MR) is 171 cm³/mol. The van der Waals surface area contributed by atoms with Crippen LogP contribution in [0.25, 0.3) is 0 Å². The first-order chi connectivity index (χ1) is 20.7. The Bertz CT molecular complexity index is 1550. The first kappa shape index (κ1) is 30.8. The van der Waals surface area contributed by atoms with Crippen LogP contribution in [0.3, 0.4) is 0 Å². The number of H-pyrrole nitrogens is 1. The summed E-state index contributed by atoms with van der Waals surface area (Å²) >= 11 is 0. The maximum Gasteiger partial charge on any atom is 0.330 e. The molecule has 4 aromatic rings. The van der Waals surface area contributed by atoms with Crippen LogP contribution >= 0.6 is 0 Å². The number of hydrogen-bond acceptors (Lipinski definition) is 6. The van der Waals surface area contributed by atoms with Crippen molar-refractivity contribution in [3.63, 3.8) is 0 Å². The highest BCUT2D eigenvalue weighted by molar-refractivity contribution is 6.99. The highest BCUT2D eigenvalue weighted by Crippen LogP contribution is 2.38. The molecule has 0 bridgehead atoms. The molecule has 1 saturated heterocycles. The van der Waals surface area contributed by atoms with Gasteiger partial charge in [0.2, 0.25) is 0 Å². The lowest BCUT2D eigenvalue weighted by Crippen LogP contribution is -2.67. The van der Waals surface area contributed by atoms with Gasteiger partial charge in [-0.25, -0.2) is 4.79 Å². The molecule has 1 aliphatic rings. The Morgan fingerprint density at radius 3 is 2.09 bits per heavy atom. The van der Waals surface area contributed by atoms with Gasteiger partial charge in [-0.2, -0.15) is 0 Å². The molecule has 43 heavy (non-hydrogen) atoms. The highest BCUT2D eigenvalue weighted by Gasteiger charge is 2.51. The summed E-state index contributed by atoms with van der Waals surface area (Å²) in [5.74, 6) is 0. The van der Waals surface area contributed by atoms with Gasteiger partial charge in [0.1, 0.15) is 6.23 Å². The van der Waals surface area contributed by atoms with Gasteiger partial charge in [-0.3, -0.25) is 19.7 Å². The van der Waals surface area contributed by atoms with Gasteiger partial charge < -0.3 is 13.9 Å². The largest absolute Gasteiger partial charge is 0.405 e. The van der Waals surface area contributed by atoms with E-state index in [0.717, 1.165) is 5.56 Å². The summed E-state index contributed by atoms with van der Waals surface area (Å²) in [6.07, 6.45) is 1.14. The van der Waals surface area contributed by atoms with E-state index >= 15 is 0 Å². The zero-order valence-corrected chi connectivity index (χ0v) is 26.3. The second-order valence-electron chi connectivity index (χ2n) is 12.1. The molecule has 5 rings (SSSR count). The summed E-state index contributed by atoms with van der Waals surface area (Å²) < 4.78 is 21.2. The lowest BCUT2D eigenvalue weighted by Gasteiger charge is -2.43. The number of hydrogen-bond donors (Lipinski definition) is 2. The van der Waals surface area contributed by atoms with Gasteiger partial charge in [0.05, 0.1) is 26.0 Å². The van der Waals surface area contributed by atoms with E-state index in [1.54, 1.807) is 13.1 Å². The number of rotatable bonds is 11. The normalized spacial score (nSPS) is 19.0. The van der Waals surface area contributed by atoms with E-state index in [1.807, 2.05) is 42.5 Å². The van der Waals surface area contributed by atoms with Gasteiger partial charge in [0.15, 0.2) is 0 Å². The third-order valence-electron chi connectivity index (χ3n) is 8.13. The molecule has 0 saturated carbocycles. The molecule has 2 N–H and O–H groups in total. The van der Waals surface area contributed by atoms with Crippen molar-refractivity contribution in [1.82, 2.24) is 14.9 Å². The molecular formula is C34H41N3O5Si. The molecule has 3 atom stereocenters. The Kier molecular flexibility index (Phi) is 9.58. The van der Waals surface area contributed by atoms with Crippen LogP contribution in [0.5, 0.6) is 0 Å². The van der Waals surface area contributed by atoms with Gasteiger partial charge in [-0.05, 0) is 27.9 Å². The Hall–Kier alpha value is -3.60. The molecule has 0 spiro atoms. The molecule has 0 radical (unpaired) electrons. The van der Waals surface area contributed by atoms with Crippen molar-refractivity contribution >= 4 is 18.7 Å². The number of aromatic amines is 1. The third-order valence-corrected chi connectivity index (χ3v) is 13.1. The average Bonchev–Trinajstić information content (AvgIpc) is 3.41. The van der Waals surface area contributed by atoms with Crippen molar-refractivity contribution in [3.8, 4) is 0 Å². The summed E-state index contributed by atoms with van der Waals surface area (Å²) in [5.41, 5.74) is 0.653. The molecule has 1 aromatic heterocycles. The Morgan fingerprint density at radius 1 is 0.930 bits per heavy atom. The quantitative estimate of drug-likeness (QED) is 0.155. The van der Waals surface area contributed by atoms with Gasteiger partial charge in [0.25, 0.3) is 13.9 Å². The SMILES string of the molecule is Cc1cn([C@H]2C[C@H](NCOCc3ccccc3)[C@@H](CO[Si](c3ccccc3)(c3ccccc3)C(C)(C)C)O2)c(=O)[nH]c1=O. The number of benzene rings is 3. The van der Waals surface area contributed by atoms with Crippen molar-refractivity contribution in [3.05, 3.63) is 129 Å². The lowest BCUT2D eigenvalue weighted by molar-refractivity contribution is -0.0285. The number of aromatic nitrogens is 2. The van der Waals surface area contributed by atoms with Crippen LogP contribution in [0.1, 0.15) is 44.5 Å². The molecule has 3 aromatic carbocycles. The maximum absolute atomic E-state index is 12.8. The number of ether oxygens (including phenoxy) is 2. The fraction of sp³-hybridized carbons (Fsp3) is 0.353. The number of nitrogens with one attached hydrogen (secondary N) is 2. The molecule has 226 valence electrons. The maximum atomic E-state index is 12.8. The van der Waals surface area contributed by atoms with Crippen molar-refractivity contribution in [2.45, 2.75) is 64.1 Å². The van der Waals surface area contributed by atoms with Crippen LogP contribution in [-0.2, 0) is 20.5 Å². The van der Waals surface area contributed by atoms with Crippen LogP contribution in [0.2, 0.25) is 5.04 Å². The molecule has 0 aliphatic carbocycles. The molecule has 1 fully saturated rings. The topological polar surface area (TPSA) is 94.6 Å². The first-order valence-electron chi connectivity index (χ1n) is 14.8. The van der Waals surface area contributed by atoms with Crippen molar-refractivity contribution in [1.29, 1.82) is 0 Å². The molecule has 0 amide bonds. The minimum Gasteiger partial charge on any atom is -0.405 e. The van der Waals surface area contributed by atoms with E-state index in [9.17, 15) is 9.59 Å². The van der Waals surface area contributed by atoms with E-state index < -0.39 is 25.8 Å². The van der Waals surface area contributed by atoms with Crippen molar-refractivity contribution in [2.75, 3.05) is 13.3 Å². The zero-order valence-electron chi connectivity index (χ0n) is 25.3. The van der Waals surface area contributed by atoms with E-state index in [1.165, 1.54) is 14.9 Å². The lowest BCUT2D eigenvalue weighted by atomic mass is 10.1. The first-order valence-corrected chi connectivity index (χ1v) is 16.7. The monoisotopic (exact) mass is 599 g/mol. The Labute approximate surface area is 253 Å². The van der Waals surface area contributed by atoms with E-state index in [2.05, 4.69) is 79.6 Å². The average molecular weight is 600 g/mol. The predicted octanol–water partition coefficient (Wildman–Crippen LogP) is 3.84. The smallest absolute Gasteiger partial charge is 0.330 e. The fourth-order valence-corrected chi connectivity index (χ4v) is 10.5. The van der Waals surface area contributed by atoms with Crippen LogP contribution in [0.15, 0.2) is 107 Å². The summed E-state index contributed by atoms with van der Waals surface area (Å²) in [4.78, 5) is 27.2. The summed E-state index contributed by atoms with van der Waals surface area (Å²) in [5, 5.41) is 5.68. The molecule has 8 nitrogen and oxygen atoms in total. The van der Waals surface area contributed by atoms with Crippen molar-refractivity contribution in [2.24, 2.45) is 0 Å². The van der Waals surface area contributed by atoms with Crippen molar-refractivity contribution < 1.29 is 13.9 Å². The second kappa shape index (κ2) is 13.4. The molecule has 0 unspecified atom stereocenters. The Balaban J connectivity index is 1.42.